The van der Waals surface area contributed by atoms with Crippen molar-refractivity contribution in [3.8, 4) is 11.6 Å². The van der Waals surface area contributed by atoms with E-state index in [1.165, 1.54) is 12.1 Å². The molecule has 3 aromatic rings. The first-order valence-corrected chi connectivity index (χ1v) is 7.30. The van der Waals surface area contributed by atoms with Crippen LogP contribution in [0, 0.1) is 0 Å². The summed E-state index contributed by atoms with van der Waals surface area (Å²) in [5.41, 5.74) is 1.55. The van der Waals surface area contributed by atoms with Gasteiger partial charge in [-0.1, -0.05) is 0 Å². The molecule has 1 aliphatic heterocycles. The van der Waals surface area contributed by atoms with E-state index in [1.54, 1.807) is 18.2 Å². The van der Waals surface area contributed by atoms with E-state index in [2.05, 4.69) is 20.6 Å². The maximum absolute atomic E-state index is 12.9. The fourth-order valence-corrected chi connectivity index (χ4v) is 2.55. The lowest BCUT2D eigenvalue weighted by molar-refractivity contribution is -0.146. The van der Waals surface area contributed by atoms with Crippen molar-refractivity contribution in [2.24, 2.45) is 0 Å². The summed E-state index contributed by atoms with van der Waals surface area (Å²) in [7, 11) is 0. The molecule has 0 unspecified atom stereocenters. The van der Waals surface area contributed by atoms with Crippen LogP contribution in [0.2, 0.25) is 0 Å². The molecule has 0 radical (unpaired) electrons. The first-order chi connectivity index (χ1) is 11.9. The molecule has 0 aliphatic carbocycles. The van der Waals surface area contributed by atoms with Crippen LogP contribution in [-0.4, -0.2) is 25.7 Å². The third kappa shape index (κ3) is 2.86. The number of fused-ring (bicyclic) bond motifs is 2. The summed E-state index contributed by atoms with van der Waals surface area (Å²) in [5, 5.41) is 13.1. The Balaban J connectivity index is 1.66. The van der Waals surface area contributed by atoms with Crippen LogP contribution in [0.5, 0.6) is 11.6 Å². The van der Waals surface area contributed by atoms with E-state index in [0.717, 1.165) is 5.56 Å². The molecule has 0 bridgehead atoms. The second-order valence-corrected chi connectivity index (χ2v) is 5.43. The van der Waals surface area contributed by atoms with Crippen LogP contribution >= 0.6 is 0 Å². The van der Waals surface area contributed by atoms with Crippen molar-refractivity contribution in [2.45, 2.75) is 19.0 Å². The van der Waals surface area contributed by atoms with E-state index in [0.29, 0.717) is 28.8 Å². The lowest BCUT2D eigenvalue weighted by Crippen LogP contribution is -2.18. The summed E-state index contributed by atoms with van der Waals surface area (Å²) >= 11 is 0. The lowest BCUT2D eigenvalue weighted by Gasteiger charge is -2.17. The second kappa shape index (κ2) is 5.43. The van der Waals surface area contributed by atoms with Crippen LogP contribution in [0.4, 0.5) is 18.9 Å². The Bertz CT molecular complexity index is 983. The molecule has 25 heavy (non-hydrogen) atoms. The minimum atomic E-state index is -4.67. The van der Waals surface area contributed by atoms with Crippen molar-refractivity contribution < 1.29 is 22.7 Å². The highest BCUT2D eigenvalue weighted by Crippen LogP contribution is 2.30. The number of nitrogens with one attached hydrogen (secondary N) is 1. The quantitative estimate of drug-likeness (QED) is 0.769. The predicted molar refractivity (Wildman–Crippen MR) is 79.3 cm³/mol. The highest BCUT2D eigenvalue weighted by molar-refractivity contribution is 5.94. The van der Waals surface area contributed by atoms with Gasteiger partial charge in [0.15, 0.2) is 5.65 Å². The van der Waals surface area contributed by atoms with Gasteiger partial charge >= 0.3 is 6.18 Å². The topological polar surface area (TPSA) is 81.4 Å². The van der Waals surface area contributed by atoms with Gasteiger partial charge in [-0.05, 0) is 36.2 Å². The molecule has 2 aromatic heterocycles. The van der Waals surface area contributed by atoms with Gasteiger partial charge in [-0.3, -0.25) is 4.79 Å². The molecule has 4 rings (SSSR count). The number of benzene rings is 1. The first kappa shape index (κ1) is 15.4. The average molecular weight is 349 g/mol. The third-order valence-electron chi connectivity index (χ3n) is 3.69. The number of nitrogens with zero attached hydrogens (tertiary/aromatic N) is 4. The molecule has 0 saturated heterocycles. The minimum absolute atomic E-state index is 0.0300. The van der Waals surface area contributed by atoms with Crippen LogP contribution in [0.1, 0.15) is 17.8 Å². The summed E-state index contributed by atoms with van der Waals surface area (Å²) in [4.78, 5) is 11.4. The fourth-order valence-electron chi connectivity index (χ4n) is 2.55. The van der Waals surface area contributed by atoms with E-state index in [9.17, 15) is 18.0 Å². The molecule has 0 saturated carbocycles. The number of anilines is 1. The minimum Gasteiger partial charge on any atom is -0.438 e. The highest BCUT2D eigenvalue weighted by Gasteiger charge is 2.37. The smallest absolute Gasteiger partial charge is 0.438 e. The molecule has 0 spiro atoms. The zero-order valence-corrected chi connectivity index (χ0v) is 12.5. The highest BCUT2D eigenvalue weighted by atomic mass is 19.4. The molecule has 0 fully saturated rings. The Kier molecular flexibility index (Phi) is 3.34. The Morgan fingerprint density at radius 1 is 1.12 bits per heavy atom. The third-order valence-corrected chi connectivity index (χ3v) is 3.69. The van der Waals surface area contributed by atoms with Gasteiger partial charge in [0, 0.05) is 18.2 Å². The van der Waals surface area contributed by atoms with E-state index in [1.807, 2.05) is 0 Å². The van der Waals surface area contributed by atoms with Crippen molar-refractivity contribution in [2.75, 3.05) is 5.32 Å². The molecule has 1 amide bonds. The van der Waals surface area contributed by atoms with E-state index in [4.69, 9.17) is 4.74 Å². The number of amides is 1. The van der Waals surface area contributed by atoms with Gasteiger partial charge in [-0.15, -0.1) is 15.3 Å². The number of halogens is 3. The van der Waals surface area contributed by atoms with Crippen molar-refractivity contribution in [3.63, 3.8) is 0 Å². The van der Waals surface area contributed by atoms with Gasteiger partial charge < -0.3 is 10.1 Å². The zero-order valence-electron chi connectivity index (χ0n) is 12.5. The largest absolute Gasteiger partial charge is 0.453 e. The van der Waals surface area contributed by atoms with Gasteiger partial charge in [-0.2, -0.15) is 17.7 Å². The summed E-state index contributed by atoms with van der Waals surface area (Å²) in [5.74, 6) is -0.900. The number of carbonyl (C=O) groups is 1. The molecular weight excluding hydrogens is 339 g/mol. The fraction of sp³-hybridized carbons (Fsp3) is 0.200. The van der Waals surface area contributed by atoms with E-state index in [-0.39, 0.29) is 17.4 Å². The number of hydrogen-bond acceptors (Lipinski definition) is 5. The van der Waals surface area contributed by atoms with Crippen LogP contribution < -0.4 is 10.1 Å². The first-order valence-electron chi connectivity index (χ1n) is 7.30. The van der Waals surface area contributed by atoms with Crippen molar-refractivity contribution in [1.29, 1.82) is 0 Å². The van der Waals surface area contributed by atoms with E-state index >= 15 is 0 Å². The molecule has 1 aliphatic rings. The Hall–Kier alpha value is -3.17. The number of alkyl halides is 3. The second-order valence-electron chi connectivity index (χ2n) is 5.43. The maximum Gasteiger partial charge on any atom is 0.453 e. The molecule has 0 atom stereocenters. The Labute approximate surface area is 138 Å². The molecule has 3 heterocycles. The van der Waals surface area contributed by atoms with Gasteiger partial charge in [0.05, 0.1) is 0 Å². The molecule has 1 N–H and O–H groups in total. The monoisotopic (exact) mass is 349 g/mol. The van der Waals surface area contributed by atoms with Crippen LogP contribution in [-0.2, 0) is 17.4 Å². The number of aromatic nitrogens is 4. The van der Waals surface area contributed by atoms with E-state index < -0.39 is 12.0 Å². The standard InChI is InChI=1S/C15H10F3N5O2/c16-15(17,18)14-21-20-11-4-6-13(22-23(11)14)25-9-2-3-10-8(7-9)1-5-12(24)19-10/h2-4,6-7H,1,5H2,(H,19,24). The van der Waals surface area contributed by atoms with Crippen LogP contribution in [0.25, 0.3) is 5.65 Å². The average Bonchev–Trinajstić information content (AvgIpc) is 2.98. The number of ether oxygens (including phenoxy) is 1. The molecule has 7 nitrogen and oxygen atoms in total. The predicted octanol–water partition coefficient (Wildman–Crippen LogP) is 2.82. The van der Waals surface area contributed by atoms with Crippen molar-refractivity contribution in [1.82, 2.24) is 19.8 Å². The SMILES string of the molecule is O=C1CCc2cc(Oc3ccc4nnc(C(F)(F)F)n4n3)ccc2N1. The van der Waals surface area contributed by atoms with Crippen LogP contribution in [0.15, 0.2) is 30.3 Å². The number of rotatable bonds is 2. The van der Waals surface area contributed by atoms with Gasteiger partial charge in [0.2, 0.25) is 11.8 Å². The van der Waals surface area contributed by atoms with Crippen LogP contribution in [0.3, 0.4) is 0 Å². The maximum atomic E-state index is 12.9. The number of hydrogen-bond donors (Lipinski definition) is 1. The summed E-state index contributed by atoms with van der Waals surface area (Å²) < 4.78 is 44.8. The van der Waals surface area contributed by atoms with Gasteiger partial charge in [-0.25, -0.2) is 0 Å². The molecule has 1 aromatic carbocycles. The van der Waals surface area contributed by atoms with Crippen molar-refractivity contribution in [3.05, 3.63) is 41.7 Å². The zero-order chi connectivity index (χ0) is 17.6. The van der Waals surface area contributed by atoms with Gasteiger partial charge in [0.25, 0.3) is 5.82 Å². The normalized spacial score (nSPS) is 14.3. The molecular formula is C15H10F3N5O2. The summed E-state index contributed by atoms with van der Waals surface area (Å²) in [6, 6.07) is 7.75. The number of aryl methyl sites for hydroxylation is 1. The van der Waals surface area contributed by atoms with Crippen molar-refractivity contribution >= 4 is 17.2 Å². The number of carbonyl (C=O) groups excluding carboxylic acids is 1. The summed E-state index contributed by atoms with van der Waals surface area (Å²) in [6.45, 7) is 0. The molecule has 10 heteroatoms. The molecule has 128 valence electrons. The van der Waals surface area contributed by atoms with Gasteiger partial charge in [0.1, 0.15) is 5.75 Å². The lowest BCUT2D eigenvalue weighted by atomic mass is 10.0. The summed E-state index contributed by atoms with van der Waals surface area (Å²) in [6.07, 6.45) is -3.74. The Morgan fingerprint density at radius 3 is 2.76 bits per heavy atom. The Morgan fingerprint density at radius 2 is 1.96 bits per heavy atom.